The Morgan fingerprint density at radius 2 is 1.79 bits per heavy atom. The lowest BCUT2D eigenvalue weighted by molar-refractivity contribution is -0.139. The Bertz CT molecular complexity index is 746. The summed E-state index contributed by atoms with van der Waals surface area (Å²) in [4.78, 5) is 34.3. The van der Waals surface area contributed by atoms with Crippen LogP contribution in [0.1, 0.15) is 27.5 Å². The first-order valence-electron chi connectivity index (χ1n) is 7.07. The number of nitrogens with one attached hydrogen (secondary N) is 1. The van der Waals surface area contributed by atoms with Crippen molar-refractivity contribution in [3.8, 4) is 0 Å². The van der Waals surface area contributed by atoms with Crippen molar-refractivity contribution in [1.29, 1.82) is 0 Å². The molecular formula is C17H16N2O5. The van der Waals surface area contributed by atoms with Gasteiger partial charge in [0.25, 0.3) is 0 Å². The molecular weight excluding hydrogens is 312 g/mol. The minimum absolute atomic E-state index is 0.103. The summed E-state index contributed by atoms with van der Waals surface area (Å²) in [6.45, 7) is 0.103. The van der Waals surface area contributed by atoms with Gasteiger partial charge < -0.3 is 20.9 Å². The summed E-state index contributed by atoms with van der Waals surface area (Å²) in [6, 6.07) is 12.7. The molecule has 2 rings (SSSR count). The lowest BCUT2D eigenvalue weighted by Gasteiger charge is -2.14. The molecule has 0 saturated heterocycles. The number of rotatable bonds is 6. The van der Waals surface area contributed by atoms with Gasteiger partial charge in [-0.05, 0) is 23.3 Å². The molecule has 0 saturated carbocycles. The van der Waals surface area contributed by atoms with Crippen LogP contribution in [0.25, 0.3) is 0 Å². The fourth-order valence-corrected chi connectivity index (χ4v) is 2.08. The number of carboxylic acid groups (broad SMARTS) is 1. The molecule has 0 aromatic heterocycles. The van der Waals surface area contributed by atoms with Crippen molar-refractivity contribution in [2.75, 3.05) is 0 Å². The molecule has 0 fully saturated rings. The summed E-state index contributed by atoms with van der Waals surface area (Å²) < 4.78 is 5.19. The van der Waals surface area contributed by atoms with E-state index in [0.29, 0.717) is 0 Å². The van der Waals surface area contributed by atoms with Crippen LogP contribution in [0, 0.1) is 0 Å². The van der Waals surface area contributed by atoms with Gasteiger partial charge in [0, 0.05) is 0 Å². The Kier molecular flexibility index (Phi) is 5.51. The minimum atomic E-state index is -1.34. The van der Waals surface area contributed by atoms with Crippen molar-refractivity contribution in [1.82, 2.24) is 5.32 Å². The topological polar surface area (TPSA) is 119 Å². The number of amides is 2. The number of benzene rings is 2. The Hall–Kier alpha value is -3.35. The molecule has 7 nitrogen and oxygen atoms in total. The number of hydrogen-bond acceptors (Lipinski definition) is 4. The number of carboxylic acids is 1. The second-order valence-electron chi connectivity index (χ2n) is 4.97. The zero-order chi connectivity index (χ0) is 17.5. The second-order valence-corrected chi connectivity index (χ2v) is 4.97. The number of aliphatic carboxylic acids is 1. The van der Waals surface area contributed by atoms with E-state index >= 15 is 0 Å². The highest BCUT2D eigenvalue weighted by Gasteiger charge is 2.22. The smallest absolute Gasteiger partial charge is 0.338 e. The molecule has 4 N–H and O–H groups in total. The van der Waals surface area contributed by atoms with Gasteiger partial charge in [0.1, 0.15) is 6.61 Å². The molecule has 0 bridgehead atoms. The highest BCUT2D eigenvalue weighted by molar-refractivity contribution is 5.90. The van der Waals surface area contributed by atoms with Crippen LogP contribution < -0.4 is 11.1 Å². The average Bonchev–Trinajstić information content (AvgIpc) is 2.58. The molecule has 0 aliphatic heterocycles. The van der Waals surface area contributed by atoms with E-state index in [2.05, 4.69) is 5.32 Å². The summed E-state index contributed by atoms with van der Waals surface area (Å²) in [5.41, 5.74) is 6.21. The van der Waals surface area contributed by atoms with Crippen LogP contribution in [0.4, 0.5) is 4.79 Å². The molecule has 1 unspecified atom stereocenters. The van der Waals surface area contributed by atoms with Crippen molar-refractivity contribution in [3.63, 3.8) is 0 Å². The first-order valence-corrected chi connectivity index (χ1v) is 7.07. The molecule has 124 valence electrons. The summed E-state index contributed by atoms with van der Waals surface area (Å²) >= 11 is 0. The van der Waals surface area contributed by atoms with Gasteiger partial charge in [-0.1, -0.05) is 42.5 Å². The maximum absolute atomic E-state index is 12.1. The number of hydrogen-bond donors (Lipinski definition) is 3. The molecule has 7 heteroatoms. The number of carbonyl (C=O) groups excluding carboxylic acids is 2. The Balaban J connectivity index is 2.12. The van der Waals surface area contributed by atoms with Gasteiger partial charge in [-0.25, -0.2) is 14.4 Å². The van der Waals surface area contributed by atoms with E-state index in [0.717, 1.165) is 5.56 Å². The van der Waals surface area contributed by atoms with Crippen molar-refractivity contribution in [3.05, 3.63) is 71.3 Å². The molecule has 24 heavy (non-hydrogen) atoms. The molecule has 1 atom stereocenters. The van der Waals surface area contributed by atoms with Crippen LogP contribution in [-0.4, -0.2) is 23.1 Å². The van der Waals surface area contributed by atoms with E-state index in [4.69, 9.17) is 10.5 Å². The lowest BCUT2D eigenvalue weighted by Crippen LogP contribution is -2.37. The van der Waals surface area contributed by atoms with Crippen LogP contribution in [0.5, 0.6) is 0 Å². The van der Waals surface area contributed by atoms with Crippen LogP contribution >= 0.6 is 0 Å². The van der Waals surface area contributed by atoms with Crippen molar-refractivity contribution >= 4 is 18.0 Å². The van der Waals surface area contributed by atoms with Gasteiger partial charge in [-0.2, -0.15) is 0 Å². The molecule has 2 amide bonds. The van der Waals surface area contributed by atoms with Crippen LogP contribution in [0.3, 0.4) is 0 Å². The van der Waals surface area contributed by atoms with Crippen LogP contribution in [0.2, 0.25) is 0 Å². The van der Waals surface area contributed by atoms with Crippen molar-refractivity contribution < 1.29 is 24.2 Å². The minimum Gasteiger partial charge on any atom is -0.479 e. The van der Waals surface area contributed by atoms with Gasteiger partial charge in [-0.15, -0.1) is 0 Å². The Morgan fingerprint density at radius 1 is 1.08 bits per heavy atom. The number of esters is 1. The van der Waals surface area contributed by atoms with E-state index in [9.17, 15) is 19.5 Å². The van der Waals surface area contributed by atoms with E-state index < -0.39 is 24.0 Å². The Labute approximate surface area is 138 Å². The maximum atomic E-state index is 12.1. The first-order chi connectivity index (χ1) is 11.5. The third-order valence-electron chi connectivity index (χ3n) is 3.20. The van der Waals surface area contributed by atoms with E-state index in [1.54, 1.807) is 0 Å². The monoisotopic (exact) mass is 328 g/mol. The van der Waals surface area contributed by atoms with Crippen LogP contribution in [0.15, 0.2) is 54.6 Å². The normalized spacial score (nSPS) is 11.3. The van der Waals surface area contributed by atoms with Gasteiger partial charge in [-0.3, -0.25) is 0 Å². The second kappa shape index (κ2) is 7.77. The zero-order valence-corrected chi connectivity index (χ0v) is 12.6. The fraction of sp³-hybridized carbons (Fsp3) is 0.118. The number of nitrogens with two attached hydrogens (primary N) is 1. The fourth-order valence-electron chi connectivity index (χ4n) is 2.08. The SMILES string of the molecule is NC(=O)NC(C(=O)O)c1cccc(C(=O)OCc2ccccc2)c1. The molecule has 0 radical (unpaired) electrons. The lowest BCUT2D eigenvalue weighted by atomic mass is 10.0. The largest absolute Gasteiger partial charge is 0.479 e. The van der Waals surface area contributed by atoms with Gasteiger partial charge in [0.2, 0.25) is 0 Å². The van der Waals surface area contributed by atoms with Crippen LogP contribution in [-0.2, 0) is 16.1 Å². The summed E-state index contributed by atoms with van der Waals surface area (Å²) in [5.74, 6) is -1.88. The number of urea groups is 1. The highest BCUT2D eigenvalue weighted by Crippen LogP contribution is 2.16. The summed E-state index contributed by atoms with van der Waals surface area (Å²) in [6.07, 6.45) is 0. The number of carbonyl (C=O) groups is 3. The third-order valence-corrected chi connectivity index (χ3v) is 3.20. The number of primary amides is 1. The van der Waals surface area contributed by atoms with Gasteiger partial charge >= 0.3 is 18.0 Å². The predicted molar refractivity (Wildman–Crippen MR) is 85.1 cm³/mol. The standard InChI is InChI=1S/C17H16N2O5/c18-17(23)19-14(15(20)21)12-7-4-8-13(9-12)16(22)24-10-11-5-2-1-3-6-11/h1-9,14H,10H2,(H,20,21)(H3,18,19,23). The zero-order valence-electron chi connectivity index (χ0n) is 12.6. The van der Waals surface area contributed by atoms with Crippen molar-refractivity contribution in [2.45, 2.75) is 12.6 Å². The van der Waals surface area contributed by atoms with E-state index in [1.807, 2.05) is 30.3 Å². The Morgan fingerprint density at radius 3 is 2.42 bits per heavy atom. The van der Waals surface area contributed by atoms with E-state index in [-0.39, 0.29) is 17.7 Å². The van der Waals surface area contributed by atoms with E-state index in [1.165, 1.54) is 24.3 Å². The average molecular weight is 328 g/mol. The molecule has 0 heterocycles. The highest BCUT2D eigenvalue weighted by atomic mass is 16.5. The summed E-state index contributed by atoms with van der Waals surface area (Å²) in [7, 11) is 0. The quantitative estimate of drug-likeness (QED) is 0.699. The molecule has 2 aromatic rings. The first kappa shape index (κ1) is 17.0. The molecule has 0 aliphatic rings. The van der Waals surface area contributed by atoms with Crippen molar-refractivity contribution in [2.24, 2.45) is 5.73 Å². The molecule has 0 aliphatic carbocycles. The number of ether oxygens (including phenoxy) is 1. The van der Waals surface area contributed by atoms with Gasteiger partial charge in [0.15, 0.2) is 6.04 Å². The third kappa shape index (κ3) is 4.57. The summed E-state index contributed by atoms with van der Waals surface area (Å²) in [5, 5.41) is 11.3. The molecule has 0 spiro atoms. The van der Waals surface area contributed by atoms with Gasteiger partial charge in [0.05, 0.1) is 5.56 Å². The maximum Gasteiger partial charge on any atom is 0.338 e. The molecule has 2 aromatic carbocycles. The predicted octanol–water partition coefficient (Wildman–Crippen LogP) is 1.84.